The number of carbonyl (C=O) groups excluding carboxylic acids is 1. The lowest BCUT2D eigenvalue weighted by Gasteiger charge is -2.06. The van der Waals surface area contributed by atoms with Crippen molar-refractivity contribution in [2.45, 2.75) is 13.8 Å². The summed E-state index contributed by atoms with van der Waals surface area (Å²) >= 11 is 5.08. The summed E-state index contributed by atoms with van der Waals surface area (Å²) in [6, 6.07) is 6.20. The average molecular weight is 361 g/mol. The molecule has 3 rings (SSSR count). The van der Waals surface area contributed by atoms with E-state index in [2.05, 4.69) is 39.2 Å². The van der Waals surface area contributed by atoms with Crippen LogP contribution in [0.5, 0.6) is 0 Å². The molecule has 21 heavy (non-hydrogen) atoms. The SMILES string of the molecule is Cc1ccc(C)c(-n2cc(C=O)c(-c3cscc3Br)n2)c1. The summed E-state index contributed by atoms with van der Waals surface area (Å²) in [4.78, 5) is 11.4. The molecular formula is C16H13BrN2OS. The Morgan fingerprint density at radius 2 is 2.10 bits per heavy atom. The maximum absolute atomic E-state index is 11.4. The third kappa shape index (κ3) is 2.59. The Labute approximate surface area is 135 Å². The van der Waals surface area contributed by atoms with Gasteiger partial charge in [-0.1, -0.05) is 12.1 Å². The van der Waals surface area contributed by atoms with Gasteiger partial charge in [0, 0.05) is 27.0 Å². The predicted octanol–water partition coefficient (Wildman–Crippen LogP) is 4.79. The standard InChI is InChI=1S/C16H13BrN2OS/c1-10-3-4-11(2)15(5-10)19-6-12(7-20)16(18-19)13-8-21-9-14(13)17/h3-9H,1-2H3. The Morgan fingerprint density at radius 1 is 1.29 bits per heavy atom. The van der Waals surface area contributed by atoms with Gasteiger partial charge in [-0.15, -0.1) is 0 Å². The lowest BCUT2D eigenvalue weighted by Crippen LogP contribution is -1.98. The Bertz CT molecular complexity index is 820. The third-order valence-corrected chi connectivity index (χ3v) is 5.05. The van der Waals surface area contributed by atoms with Crippen LogP contribution in [0.4, 0.5) is 0 Å². The largest absolute Gasteiger partial charge is 0.298 e. The molecule has 2 heterocycles. The normalized spacial score (nSPS) is 10.8. The van der Waals surface area contributed by atoms with Gasteiger partial charge in [0.25, 0.3) is 0 Å². The van der Waals surface area contributed by atoms with Crippen LogP contribution < -0.4 is 0 Å². The number of benzene rings is 1. The van der Waals surface area contributed by atoms with E-state index in [1.54, 1.807) is 22.2 Å². The van der Waals surface area contributed by atoms with Gasteiger partial charge >= 0.3 is 0 Å². The zero-order valence-corrected chi connectivity index (χ0v) is 14.0. The molecule has 0 N–H and O–H groups in total. The summed E-state index contributed by atoms with van der Waals surface area (Å²) in [5.74, 6) is 0. The van der Waals surface area contributed by atoms with Gasteiger partial charge in [0.1, 0.15) is 5.69 Å². The zero-order chi connectivity index (χ0) is 15.0. The van der Waals surface area contributed by atoms with Gasteiger partial charge in [0.2, 0.25) is 0 Å². The van der Waals surface area contributed by atoms with Crippen LogP contribution in [0, 0.1) is 13.8 Å². The van der Waals surface area contributed by atoms with Crippen molar-refractivity contribution in [1.29, 1.82) is 0 Å². The van der Waals surface area contributed by atoms with Crippen LogP contribution in [0.15, 0.2) is 39.6 Å². The number of aromatic nitrogens is 2. The highest BCUT2D eigenvalue weighted by atomic mass is 79.9. The first-order valence-electron chi connectivity index (χ1n) is 6.44. The minimum Gasteiger partial charge on any atom is -0.298 e. The molecule has 106 valence electrons. The van der Waals surface area contributed by atoms with Crippen LogP contribution in [0.2, 0.25) is 0 Å². The van der Waals surface area contributed by atoms with Crippen LogP contribution in [0.1, 0.15) is 21.5 Å². The van der Waals surface area contributed by atoms with E-state index in [-0.39, 0.29) is 0 Å². The highest BCUT2D eigenvalue weighted by Crippen LogP contribution is 2.33. The molecule has 0 aliphatic rings. The Morgan fingerprint density at radius 3 is 2.76 bits per heavy atom. The van der Waals surface area contributed by atoms with Gasteiger partial charge in [-0.25, -0.2) is 4.68 Å². The number of thiophene rings is 1. The lowest BCUT2D eigenvalue weighted by atomic mass is 10.1. The summed E-state index contributed by atoms with van der Waals surface area (Å²) in [7, 11) is 0. The van der Waals surface area contributed by atoms with Gasteiger partial charge in [-0.3, -0.25) is 4.79 Å². The maximum atomic E-state index is 11.4. The number of carbonyl (C=O) groups is 1. The number of rotatable bonds is 3. The fraction of sp³-hybridized carbons (Fsp3) is 0.125. The summed E-state index contributed by atoms with van der Waals surface area (Å²) in [6.07, 6.45) is 2.64. The van der Waals surface area contributed by atoms with E-state index >= 15 is 0 Å². The second-order valence-corrected chi connectivity index (χ2v) is 6.52. The molecule has 0 unspecified atom stereocenters. The van der Waals surface area contributed by atoms with E-state index in [9.17, 15) is 4.79 Å². The highest BCUT2D eigenvalue weighted by Gasteiger charge is 2.15. The van der Waals surface area contributed by atoms with Gasteiger partial charge in [-0.2, -0.15) is 16.4 Å². The maximum Gasteiger partial charge on any atom is 0.153 e. The zero-order valence-electron chi connectivity index (χ0n) is 11.6. The Hall–Kier alpha value is -1.72. The van der Waals surface area contributed by atoms with E-state index in [0.717, 1.165) is 33.1 Å². The molecule has 0 spiro atoms. The number of nitrogens with zero attached hydrogens (tertiary/aromatic N) is 2. The monoisotopic (exact) mass is 360 g/mol. The number of aryl methyl sites for hydroxylation is 2. The topological polar surface area (TPSA) is 34.9 Å². The lowest BCUT2D eigenvalue weighted by molar-refractivity contribution is 0.112. The molecule has 0 radical (unpaired) electrons. The minimum absolute atomic E-state index is 0.593. The molecule has 0 saturated heterocycles. The molecule has 0 amide bonds. The van der Waals surface area contributed by atoms with E-state index in [1.165, 1.54) is 0 Å². The van der Waals surface area contributed by atoms with E-state index in [4.69, 9.17) is 0 Å². The van der Waals surface area contributed by atoms with Gasteiger partial charge in [0.15, 0.2) is 6.29 Å². The third-order valence-electron chi connectivity index (χ3n) is 3.35. The molecule has 2 aromatic heterocycles. The number of hydrogen-bond acceptors (Lipinski definition) is 3. The second kappa shape index (κ2) is 5.58. The molecule has 0 aliphatic heterocycles. The molecule has 0 aliphatic carbocycles. The fourth-order valence-corrected chi connectivity index (χ4v) is 3.69. The van der Waals surface area contributed by atoms with Gasteiger partial charge in [0.05, 0.1) is 11.3 Å². The van der Waals surface area contributed by atoms with Crippen molar-refractivity contribution in [3.63, 3.8) is 0 Å². The van der Waals surface area contributed by atoms with Crippen molar-refractivity contribution in [2.24, 2.45) is 0 Å². The minimum atomic E-state index is 0.593. The van der Waals surface area contributed by atoms with Crippen molar-refractivity contribution >= 4 is 33.6 Å². The van der Waals surface area contributed by atoms with Crippen LogP contribution in [-0.4, -0.2) is 16.1 Å². The average Bonchev–Trinajstić information content (AvgIpc) is 3.07. The number of aldehydes is 1. The summed E-state index contributed by atoms with van der Waals surface area (Å²) in [5.41, 5.74) is 5.53. The molecule has 1 aromatic carbocycles. The van der Waals surface area contributed by atoms with Crippen molar-refractivity contribution in [2.75, 3.05) is 0 Å². The fourth-order valence-electron chi connectivity index (χ4n) is 2.22. The molecular weight excluding hydrogens is 348 g/mol. The van der Waals surface area contributed by atoms with Crippen LogP contribution >= 0.6 is 27.3 Å². The molecule has 5 heteroatoms. The Balaban J connectivity index is 2.18. The first kappa shape index (κ1) is 14.2. The van der Waals surface area contributed by atoms with Crippen molar-refractivity contribution in [1.82, 2.24) is 9.78 Å². The second-order valence-electron chi connectivity index (χ2n) is 4.92. The van der Waals surface area contributed by atoms with Crippen molar-refractivity contribution in [3.05, 3.63) is 56.3 Å². The van der Waals surface area contributed by atoms with E-state index in [0.29, 0.717) is 11.3 Å². The summed E-state index contributed by atoms with van der Waals surface area (Å²) < 4.78 is 2.74. The molecule has 0 atom stereocenters. The first-order chi connectivity index (χ1) is 10.1. The Kier molecular flexibility index (Phi) is 3.78. The van der Waals surface area contributed by atoms with Crippen LogP contribution in [0.25, 0.3) is 16.9 Å². The summed E-state index contributed by atoms with van der Waals surface area (Å²) in [6.45, 7) is 4.08. The first-order valence-corrected chi connectivity index (χ1v) is 8.18. The number of halogens is 1. The molecule has 0 saturated carbocycles. The quantitative estimate of drug-likeness (QED) is 0.629. The molecule has 3 aromatic rings. The predicted molar refractivity (Wildman–Crippen MR) is 89.4 cm³/mol. The number of hydrogen-bond donors (Lipinski definition) is 0. The molecule has 0 bridgehead atoms. The van der Waals surface area contributed by atoms with Crippen LogP contribution in [-0.2, 0) is 0 Å². The van der Waals surface area contributed by atoms with E-state index < -0.39 is 0 Å². The smallest absolute Gasteiger partial charge is 0.153 e. The highest BCUT2D eigenvalue weighted by molar-refractivity contribution is 9.10. The van der Waals surface area contributed by atoms with Crippen LogP contribution in [0.3, 0.4) is 0 Å². The van der Waals surface area contributed by atoms with Gasteiger partial charge in [-0.05, 0) is 47.0 Å². The summed E-state index contributed by atoms with van der Waals surface area (Å²) in [5, 5.41) is 8.60. The van der Waals surface area contributed by atoms with Crippen molar-refractivity contribution < 1.29 is 4.79 Å². The van der Waals surface area contributed by atoms with E-state index in [1.807, 2.05) is 24.6 Å². The molecule has 3 nitrogen and oxygen atoms in total. The van der Waals surface area contributed by atoms with Gasteiger partial charge < -0.3 is 0 Å². The van der Waals surface area contributed by atoms with Crippen molar-refractivity contribution in [3.8, 4) is 16.9 Å². The molecule has 0 fully saturated rings.